The molecular formula is C23H23N5O2. The van der Waals surface area contributed by atoms with Crippen molar-refractivity contribution in [2.24, 2.45) is 5.73 Å². The summed E-state index contributed by atoms with van der Waals surface area (Å²) in [5, 5.41) is 6.16. The second-order valence-electron chi connectivity index (χ2n) is 7.64. The van der Waals surface area contributed by atoms with E-state index >= 15 is 0 Å². The van der Waals surface area contributed by atoms with Crippen molar-refractivity contribution in [3.63, 3.8) is 0 Å². The quantitative estimate of drug-likeness (QED) is 0.606. The molecule has 1 heterocycles. The monoisotopic (exact) mass is 401 g/mol. The summed E-state index contributed by atoms with van der Waals surface area (Å²) < 4.78 is 0. The first kappa shape index (κ1) is 19.6. The van der Waals surface area contributed by atoms with Crippen molar-refractivity contribution < 1.29 is 9.59 Å². The number of amides is 2. The molecule has 2 aromatic carbocycles. The third-order valence-corrected chi connectivity index (χ3v) is 5.47. The highest BCUT2D eigenvalue weighted by atomic mass is 16.2. The van der Waals surface area contributed by atoms with E-state index in [1.165, 1.54) is 0 Å². The number of rotatable bonds is 5. The number of fused-ring (bicyclic) bond motifs is 1. The Morgan fingerprint density at radius 3 is 2.47 bits per heavy atom. The fraction of sp³-hybridized carbons (Fsp3) is 0.217. The smallest absolute Gasteiger partial charge is 0.248 e. The number of carbonyl (C=O) groups is 2. The molecule has 30 heavy (non-hydrogen) atoms. The molecule has 7 nitrogen and oxygen atoms in total. The van der Waals surface area contributed by atoms with E-state index in [4.69, 9.17) is 10.7 Å². The van der Waals surface area contributed by atoms with Crippen molar-refractivity contribution in [1.29, 1.82) is 0 Å². The first-order chi connectivity index (χ1) is 14.5. The van der Waals surface area contributed by atoms with Crippen LogP contribution in [0.2, 0.25) is 0 Å². The van der Waals surface area contributed by atoms with Crippen molar-refractivity contribution in [1.82, 2.24) is 9.97 Å². The third kappa shape index (κ3) is 3.87. The van der Waals surface area contributed by atoms with E-state index in [1.54, 1.807) is 30.5 Å². The maximum Gasteiger partial charge on any atom is 0.248 e. The van der Waals surface area contributed by atoms with Crippen LogP contribution in [0.4, 0.5) is 17.3 Å². The van der Waals surface area contributed by atoms with Gasteiger partial charge in [0.15, 0.2) is 0 Å². The fourth-order valence-electron chi connectivity index (χ4n) is 3.74. The summed E-state index contributed by atoms with van der Waals surface area (Å²) in [7, 11) is 0. The molecule has 0 fully saturated rings. The minimum atomic E-state index is -0.786. The van der Waals surface area contributed by atoms with Gasteiger partial charge in [0.25, 0.3) is 0 Å². The van der Waals surface area contributed by atoms with Gasteiger partial charge in [0.05, 0.1) is 11.1 Å². The van der Waals surface area contributed by atoms with Gasteiger partial charge in [-0.25, -0.2) is 9.97 Å². The largest absolute Gasteiger partial charge is 0.366 e. The van der Waals surface area contributed by atoms with E-state index < -0.39 is 11.3 Å². The molecule has 1 aromatic heterocycles. The minimum absolute atomic E-state index is 0.139. The van der Waals surface area contributed by atoms with Gasteiger partial charge in [-0.3, -0.25) is 9.59 Å². The van der Waals surface area contributed by atoms with Crippen LogP contribution in [0.3, 0.4) is 0 Å². The number of aromatic nitrogens is 2. The zero-order valence-corrected chi connectivity index (χ0v) is 16.7. The van der Waals surface area contributed by atoms with Crippen LogP contribution < -0.4 is 16.4 Å². The molecule has 2 amide bonds. The molecule has 7 heteroatoms. The lowest BCUT2D eigenvalue weighted by Crippen LogP contribution is -2.41. The molecule has 0 saturated heterocycles. The predicted molar refractivity (Wildman–Crippen MR) is 116 cm³/mol. The summed E-state index contributed by atoms with van der Waals surface area (Å²) in [5.74, 6) is -0.178. The van der Waals surface area contributed by atoms with Gasteiger partial charge in [0, 0.05) is 23.1 Å². The molecule has 0 spiro atoms. The molecular weight excluding hydrogens is 378 g/mol. The number of nitrogens with one attached hydrogen (secondary N) is 2. The lowest BCUT2D eigenvalue weighted by atomic mass is 9.74. The zero-order chi connectivity index (χ0) is 21.1. The molecule has 4 N–H and O–H groups in total. The standard InChI is InChI=1S/C23H23N5O2/c1-23(21(30)26-18-11-9-15(10-12-18)20(24)29)13-5-6-16-14-25-22(28-19(16)23)27-17-7-3-2-4-8-17/h2-4,7-12,14H,5-6,13H2,1H3,(H2,24,29)(H,26,30)(H,25,27,28). The Morgan fingerprint density at radius 1 is 1.03 bits per heavy atom. The van der Waals surface area contributed by atoms with Crippen molar-refractivity contribution >= 4 is 29.1 Å². The van der Waals surface area contributed by atoms with Crippen molar-refractivity contribution in [3.05, 3.63) is 77.6 Å². The van der Waals surface area contributed by atoms with Crippen LogP contribution >= 0.6 is 0 Å². The van der Waals surface area contributed by atoms with Crippen LogP contribution in [0.1, 0.15) is 41.4 Å². The Labute approximate surface area is 174 Å². The number of benzene rings is 2. The van der Waals surface area contributed by atoms with Crippen LogP contribution in [0.15, 0.2) is 60.8 Å². The maximum absolute atomic E-state index is 13.3. The SMILES string of the molecule is CC1(C(=O)Nc2ccc(C(N)=O)cc2)CCCc2cnc(Nc3ccccc3)nc21. The summed E-state index contributed by atoms with van der Waals surface area (Å²) in [4.78, 5) is 33.6. The highest BCUT2D eigenvalue weighted by molar-refractivity contribution is 5.99. The molecule has 0 bridgehead atoms. The molecule has 0 aliphatic heterocycles. The second kappa shape index (κ2) is 7.94. The third-order valence-electron chi connectivity index (χ3n) is 5.47. The first-order valence-electron chi connectivity index (χ1n) is 9.85. The van der Waals surface area contributed by atoms with Gasteiger partial charge in [0.1, 0.15) is 0 Å². The van der Waals surface area contributed by atoms with E-state index in [9.17, 15) is 9.59 Å². The number of primary amides is 1. The van der Waals surface area contributed by atoms with Crippen LogP contribution in [0.5, 0.6) is 0 Å². The van der Waals surface area contributed by atoms with Crippen LogP contribution in [0, 0.1) is 0 Å². The van der Waals surface area contributed by atoms with Gasteiger partial charge in [0.2, 0.25) is 17.8 Å². The Bertz CT molecular complexity index is 1080. The maximum atomic E-state index is 13.3. The summed E-state index contributed by atoms with van der Waals surface area (Å²) in [6.45, 7) is 1.91. The Hall–Kier alpha value is -3.74. The molecule has 1 unspecified atom stereocenters. The van der Waals surface area contributed by atoms with E-state index in [-0.39, 0.29) is 5.91 Å². The van der Waals surface area contributed by atoms with E-state index in [1.807, 2.05) is 37.3 Å². The minimum Gasteiger partial charge on any atom is -0.366 e. The number of carbonyl (C=O) groups excluding carboxylic acids is 2. The van der Waals surface area contributed by atoms with Crippen LogP contribution in [-0.4, -0.2) is 21.8 Å². The summed E-state index contributed by atoms with van der Waals surface area (Å²) >= 11 is 0. The van der Waals surface area contributed by atoms with E-state index in [0.717, 1.165) is 29.8 Å². The van der Waals surface area contributed by atoms with Crippen molar-refractivity contribution in [2.45, 2.75) is 31.6 Å². The molecule has 0 radical (unpaired) electrons. The second-order valence-corrected chi connectivity index (χ2v) is 7.64. The summed E-state index contributed by atoms with van der Waals surface area (Å²) in [6, 6.07) is 16.2. The average Bonchev–Trinajstić information content (AvgIpc) is 2.75. The number of nitrogens with two attached hydrogens (primary N) is 1. The topological polar surface area (TPSA) is 110 Å². The van der Waals surface area contributed by atoms with Gasteiger partial charge in [-0.1, -0.05) is 18.2 Å². The van der Waals surface area contributed by atoms with Crippen molar-refractivity contribution in [3.8, 4) is 0 Å². The summed E-state index contributed by atoms with van der Waals surface area (Å²) in [6.07, 6.45) is 4.22. The van der Waals surface area contributed by atoms with Gasteiger partial charge in [-0.2, -0.15) is 0 Å². The number of para-hydroxylation sites is 1. The molecule has 1 aliphatic rings. The molecule has 0 saturated carbocycles. The Balaban J connectivity index is 1.60. The molecule has 152 valence electrons. The van der Waals surface area contributed by atoms with E-state index in [2.05, 4.69) is 15.6 Å². The number of anilines is 3. The van der Waals surface area contributed by atoms with E-state index in [0.29, 0.717) is 23.6 Å². The number of hydrogen-bond donors (Lipinski definition) is 3. The normalized spacial score (nSPS) is 17.6. The first-order valence-corrected chi connectivity index (χ1v) is 9.85. The molecule has 3 aromatic rings. The van der Waals surface area contributed by atoms with Gasteiger partial charge < -0.3 is 16.4 Å². The number of aryl methyl sites for hydroxylation is 1. The van der Waals surface area contributed by atoms with Gasteiger partial charge in [-0.05, 0) is 68.1 Å². The van der Waals surface area contributed by atoms with Gasteiger partial charge in [-0.15, -0.1) is 0 Å². The predicted octanol–water partition coefficient (Wildman–Crippen LogP) is 3.55. The highest BCUT2D eigenvalue weighted by Gasteiger charge is 2.41. The Morgan fingerprint density at radius 2 is 1.77 bits per heavy atom. The zero-order valence-electron chi connectivity index (χ0n) is 16.7. The van der Waals surface area contributed by atoms with Gasteiger partial charge >= 0.3 is 0 Å². The van der Waals surface area contributed by atoms with Crippen LogP contribution in [-0.2, 0) is 16.6 Å². The molecule has 1 atom stereocenters. The lowest BCUT2D eigenvalue weighted by Gasteiger charge is -2.33. The molecule has 4 rings (SSSR count). The average molecular weight is 401 g/mol. The highest BCUT2D eigenvalue weighted by Crippen LogP contribution is 2.37. The number of hydrogen-bond acceptors (Lipinski definition) is 5. The Kier molecular flexibility index (Phi) is 5.18. The lowest BCUT2D eigenvalue weighted by molar-refractivity contribution is -0.121. The fourth-order valence-corrected chi connectivity index (χ4v) is 3.74. The summed E-state index contributed by atoms with van der Waals surface area (Å²) in [5.41, 5.74) is 8.11. The molecule has 1 aliphatic carbocycles. The van der Waals surface area contributed by atoms with Crippen LogP contribution in [0.25, 0.3) is 0 Å². The van der Waals surface area contributed by atoms with Crippen molar-refractivity contribution in [2.75, 3.05) is 10.6 Å². The number of nitrogens with zero attached hydrogens (tertiary/aromatic N) is 2.